The molecule has 136 valence electrons. The Bertz CT molecular complexity index is 835. The smallest absolute Gasteiger partial charge is 0.414 e. The Hall–Kier alpha value is -3.13. The molecule has 1 fully saturated rings. The van der Waals surface area contributed by atoms with E-state index in [1.54, 1.807) is 24.3 Å². The number of ether oxygens (including phenoxy) is 1. The highest BCUT2D eigenvalue weighted by Gasteiger charge is 2.32. The predicted molar refractivity (Wildman–Crippen MR) is 96.1 cm³/mol. The summed E-state index contributed by atoms with van der Waals surface area (Å²) in [6, 6.07) is 11.7. The molecule has 0 unspecified atom stereocenters. The Kier molecular flexibility index (Phi) is 5.04. The molecule has 0 aromatic heterocycles. The molecule has 26 heavy (non-hydrogen) atoms. The van der Waals surface area contributed by atoms with Gasteiger partial charge in [0.1, 0.15) is 11.9 Å². The topological polar surface area (TPSA) is 114 Å². The number of benzene rings is 2. The zero-order valence-electron chi connectivity index (χ0n) is 13.9. The fourth-order valence-electron chi connectivity index (χ4n) is 2.71. The second-order valence-electron chi connectivity index (χ2n) is 5.90. The van der Waals surface area contributed by atoms with Crippen molar-refractivity contribution in [1.29, 1.82) is 0 Å². The van der Waals surface area contributed by atoms with Crippen LogP contribution in [0.25, 0.3) is 11.1 Å². The molecule has 2 aromatic carbocycles. The Morgan fingerprint density at radius 3 is 2.58 bits per heavy atom. The summed E-state index contributed by atoms with van der Waals surface area (Å²) >= 11 is 0. The number of anilines is 1. The summed E-state index contributed by atoms with van der Waals surface area (Å²) in [6.07, 6.45) is -1.19. The number of carbonyl (C=O) groups is 1. The maximum Gasteiger partial charge on any atom is 0.414 e. The van der Waals surface area contributed by atoms with Crippen LogP contribution in [0, 0.1) is 5.82 Å². The SMILES string of the molecule is NC(N)=NCc1ccc(-c2ccc(N3C[C@H](CO)OC3=O)cc2F)cc1. The number of amides is 1. The average Bonchev–Trinajstić information content (AvgIpc) is 3.01. The molecule has 0 saturated carbocycles. The fourth-order valence-corrected chi connectivity index (χ4v) is 2.71. The van der Waals surface area contributed by atoms with Crippen LogP contribution in [0.4, 0.5) is 14.9 Å². The normalized spacial score (nSPS) is 16.5. The lowest BCUT2D eigenvalue weighted by molar-refractivity contribution is 0.0963. The lowest BCUT2D eigenvalue weighted by Gasteiger charge is -2.14. The van der Waals surface area contributed by atoms with Crippen molar-refractivity contribution in [2.75, 3.05) is 18.1 Å². The first kappa shape index (κ1) is 17.7. The molecule has 5 N–H and O–H groups in total. The van der Waals surface area contributed by atoms with Gasteiger partial charge in [0.2, 0.25) is 0 Å². The summed E-state index contributed by atoms with van der Waals surface area (Å²) in [4.78, 5) is 17.0. The standard InChI is InChI=1S/C18H19FN4O3/c19-16-7-13(23-9-14(10-24)26-18(23)25)5-6-15(16)12-3-1-11(2-4-12)8-22-17(20)21/h1-7,14,24H,8-10H2,(H4,20,21,22)/t14-/m1/s1. The molecule has 0 spiro atoms. The summed E-state index contributed by atoms with van der Waals surface area (Å²) in [6.45, 7) is 0.274. The number of rotatable bonds is 5. The maximum atomic E-state index is 14.6. The first-order valence-corrected chi connectivity index (χ1v) is 8.01. The minimum absolute atomic E-state index is 0.0135. The highest BCUT2D eigenvalue weighted by Crippen LogP contribution is 2.29. The third-order valence-corrected chi connectivity index (χ3v) is 4.05. The van der Waals surface area contributed by atoms with Crippen molar-refractivity contribution < 1.29 is 19.0 Å². The molecular formula is C18H19FN4O3. The third kappa shape index (κ3) is 3.75. The molecule has 1 aliphatic rings. The number of hydrogen-bond acceptors (Lipinski definition) is 4. The molecule has 7 nitrogen and oxygen atoms in total. The number of nitrogens with two attached hydrogens (primary N) is 2. The summed E-state index contributed by atoms with van der Waals surface area (Å²) in [5.41, 5.74) is 13.0. The molecule has 0 bridgehead atoms. The fraction of sp³-hybridized carbons (Fsp3) is 0.222. The molecule has 3 rings (SSSR count). The molecule has 1 heterocycles. The summed E-state index contributed by atoms with van der Waals surface area (Å²) in [5, 5.41) is 9.09. The number of aliphatic hydroxyl groups is 1. The maximum absolute atomic E-state index is 14.6. The zero-order valence-corrected chi connectivity index (χ0v) is 13.9. The lowest BCUT2D eigenvalue weighted by atomic mass is 10.0. The Balaban J connectivity index is 1.80. The van der Waals surface area contributed by atoms with Crippen LogP contribution in [-0.4, -0.2) is 36.4 Å². The molecule has 8 heteroatoms. The third-order valence-electron chi connectivity index (χ3n) is 4.05. The van der Waals surface area contributed by atoms with Crippen LogP contribution in [0.15, 0.2) is 47.5 Å². The minimum Gasteiger partial charge on any atom is -0.441 e. The molecule has 1 aliphatic heterocycles. The number of carbonyl (C=O) groups excluding carboxylic acids is 1. The van der Waals surface area contributed by atoms with Crippen LogP contribution in [-0.2, 0) is 11.3 Å². The van der Waals surface area contributed by atoms with Gasteiger partial charge >= 0.3 is 6.09 Å². The molecular weight excluding hydrogens is 339 g/mol. The van der Waals surface area contributed by atoms with Gasteiger partial charge in [-0.3, -0.25) is 4.90 Å². The number of cyclic esters (lactones) is 1. The number of aliphatic hydroxyl groups excluding tert-OH is 1. The van der Waals surface area contributed by atoms with Gasteiger partial charge in [0.15, 0.2) is 5.96 Å². The second-order valence-corrected chi connectivity index (χ2v) is 5.90. The van der Waals surface area contributed by atoms with Gasteiger partial charge in [-0.25, -0.2) is 14.2 Å². The van der Waals surface area contributed by atoms with E-state index in [9.17, 15) is 9.18 Å². The van der Waals surface area contributed by atoms with Gasteiger partial charge in [0.05, 0.1) is 25.4 Å². The van der Waals surface area contributed by atoms with E-state index in [0.717, 1.165) is 5.56 Å². The Morgan fingerprint density at radius 1 is 1.27 bits per heavy atom. The molecule has 1 saturated heterocycles. The van der Waals surface area contributed by atoms with Gasteiger partial charge < -0.3 is 21.3 Å². The van der Waals surface area contributed by atoms with Crippen molar-refractivity contribution >= 4 is 17.7 Å². The van der Waals surface area contributed by atoms with Crippen LogP contribution in [0.2, 0.25) is 0 Å². The number of aliphatic imine (C=N–C) groups is 1. The van der Waals surface area contributed by atoms with Crippen LogP contribution in [0.1, 0.15) is 5.56 Å². The molecule has 2 aromatic rings. The average molecular weight is 358 g/mol. The second kappa shape index (κ2) is 7.40. The first-order valence-electron chi connectivity index (χ1n) is 8.01. The van der Waals surface area contributed by atoms with E-state index in [4.69, 9.17) is 21.3 Å². The Labute approximate surface area is 149 Å². The highest BCUT2D eigenvalue weighted by molar-refractivity contribution is 5.90. The molecule has 0 aliphatic carbocycles. The van der Waals surface area contributed by atoms with Gasteiger partial charge in [-0.05, 0) is 29.3 Å². The quantitative estimate of drug-likeness (QED) is 0.555. The monoisotopic (exact) mass is 358 g/mol. The van der Waals surface area contributed by atoms with Crippen molar-refractivity contribution in [3.63, 3.8) is 0 Å². The summed E-state index contributed by atoms with van der Waals surface area (Å²) in [5.74, 6) is -0.445. The number of hydrogen-bond donors (Lipinski definition) is 3. The minimum atomic E-state index is -0.597. The predicted octanol–water partition coefficient (Wildman–Crippen LogP) is 1.58. The van der Waals surface area contributed by atoms with Crippen LogP contribution < -0.4 is 16.4 Å². The molecule has 1 atom stereocenters. The molecule has 0 radical (unpaired) electrons. The molecule has 1 amide bonds. The summed E-state index contributed by atoms with van der Waals surface area (Å²) < 4.78 is 19.5. The van der Waals surface area contributed by atoms with E-state index in [1.165, 1.54) is 11.0 Å². The van der Waals surface area contributed by atoms with Crippen molar-refractivity contribution in [2.24, 2.45) is 16.5 Å². The summed E-state index contributed by atoms with van der Waals surface area (Å²) in [7, 11) is 0. The van der Waals surface area contributed by atoms with E-state index < -0.39 is 18.0 Å². The van der Waals surface area contributed by atoms with Gasteiger partial charge in [-0.15, -0.1) is 0 Å². The van der Waals surface area contributed by atoms with E-state index >= 15 is 0 Å². The van der Waals surface area contributed by atoms with E-state index in [-0.39, 0.29) is 19.1 Å². The van der Waals surface area contributed by atoms with E-state index in [2.05, 4.69) is 4.99 Å². The number of halogens is 1. The van der Waals surface area contributed by atoms with Crippen LogP contribution in [0.3, 0.4) is 0 Å². The van der Waals surface area contributed by atoms with Crippen molar-refractivity contribution in [3.8, 4) is 11.1 Å². The van der Waals surface area contributed by atoms with Crippen molar-refractivity contribution in [1.82, 2.24) is 0 Å². The first-order chi connectivity index (χ1) is 12.5. The zero-order chi connectivity index (χ0) is 18.7. The number of guanidine groups is 1. The van der Waals surface area contributed by atoms with Crippen molar-refractivity contribution in [3.05, 3.63) is 53.8 Å². The highest BCUT2D eigenvalue weighted by atomic mass is 19.1. The Morgan fingerprint density at radius 2 is 2.00 bits per heavy atom. The van der Waals surface area contributed by atoms with Crippen molar-refractivity contribution in [2.45, 2.75) is 12.6 Å². The van der Waals surface area contributed by atoms with E-state index in [1.807, 2.05) is 12.1 Å². The van der Waals surface area contributed by atoms with Crippen LogP contribution in [0.5, 0.6) is 0 Å². The van der Waals surface area contributed by atoms with Gasteiger partial charge in [0.25, 0.3) is 0 Å². The van der Waals surface area contributed by atoms with Gasteiger partial charge in [-0.2, -0.15) is 0 Å². The lowest BCUT2D eigenvalue weighted by Crippen LogP contribution is -2.25. The van der Waals surface area contributed by atoms with Crippen LogP contribution >= 0.6 is 0 Å². The largest absolute Gasteiger partial charge is 0.441 e. The number of nitrogens with zero attached hydrogens (tertiary/aromatic N) is 2. The van der Waals surface area contributed by atoms with Gasteiger partial charge in [0, 0.05) is 5.56 Å². The van der Waals surface area contributed by atoms with E-state index in [0.29, 0.717) is 23.4 Å². The van der Waals surface area contributed by atoms with Gasteiger partial charge in [-0.1, -0.05) is 24.3 Å².